The fourth-order valence-electron chi connectivity index (χ4n) is 5.86. The van der Waals surface area contributed by atoms with E-state index < -0.39 is 34.6 Å². The molecule has 3 aromatic heterocycles. The lowest BCUT2D eigenvalue weighted by Gasteiger charge is -2.14. The Labute approximate surface area is 382 Å². The lowest BCUT2D eigenvalue weighted by molar-refractivity contribution is -0.128. The van der Waals surface area contributed by atoms with Crippen LogP contribution in [0.5, 0.6) is 23.0 Å². The summed E-state index contributed by atoms with van der Waals surface area (Å²) >= 11 is 0. The molecule has 1 saturated carbocycles. The number of benzene rings is 3. The molecule has 0 atom stereocenters. The number of halogens is 4. The van der Waals surface area contributed by atoms with Crippen LogP contribution in [0.4, 0.5) is 24.5 Å². The molecule has 3 N–H and O–H groups in total. The van der Waals surface area contributed by atoms with Crippen molar-refractivity contribution in [2.45, 2.75) is 32.2 Å². The van der Waals surface area contributed by atoms with Gasteiger partial charge in [-0.3, -0.25) is 33.7 Å². The lowest BCUT2D eigenvalue weighted by Crippen LogP contribution is -2.42. The zero-order valence-electron chi connectivity index (χ0n) is 35.1. The largest absolute Gasteiger partial charge is 0.454 e. The van der Waals surface area contributed by atoms with E-state index >= 15 is 0 Å². The standard InChI is InChI=1S/C30H27F2N5O5.C15H16FN3O2.HI/c1-35(2)27(38)15-21-13-23(11-12-33-21)42-26-10-7-20(14-25(26)32)34-28(39)24-17-36(16-18-3-4-18)30(41)37(29(24)40)22-8-5-19(31)6-9-22;1-19(2)15(20)9-11-8-12(5-6-18-11)21-14-4-3-10(17)7-13(14)16;/h5-14,17-18H,3-4,15-16H2,1-2H3,(H,34,39);3-8H,9,17H2,1-2H3;1H. The number of carbonyl (C=O) groups is 3. The van der Waals surface area contributed by atoms with E-state index in [-0.39, 0.29) is 88.7 Å². The van der Waals surface area contributed by atoms with E-state index in [1.165, 1.54) is 81.5 Å². The van der Waals surface area contributed by atoms with Crippen LogP contribution in [-0.4, -0.2) is 74.8 Å². The molecule has 0 aliphatic heterocycles. The average Bonchev–Trinajstić information content (AvgIpc) is 4.06. The normalized spacial score (nSPS) is 11.6. The topological polar surface area (TPSA) is 184 Å². The summed E-state index contributed by atoms with van der Waals surface area (Å²) in [5, 5.41) is 2.50. The van der Waals surface area contributed by atoms with Crippen LogP contribution in [0.15, 0.2) is 113 Å². The number of aromatic nitrogens is 4. The Morgan fingerprint density at radius 2 is 1.28 bits per heavy atom. The number of anilines is 2. The summed E-state index contributed by atoms with van der Waals surface area (Å²) in [4.78, 5) is 74.4. The molecule has 334 valence electrons. The minimum absolute atomic E-state index is 0. The van der Waals surface area contributed by atoms with Crippen molar-refractivity contribution >= 4 is 53.1 Å². The summed E-state index contributed by atoms with van der Waals surface area (Å²) in [5.41, 5.74) is 5.10. The molecular weight excluding hydrogens is 948 g/mol. The number of nitrogen functional groups attached to an aromatic ring is 1. The monoisotopic (exact) mass is 992 g/mol. The molecule has 7 rings (SSSR count). The smallest absolute Gasteiger partial charge is 0.335 e. The van der Waals surface area contributed by atoms with Gasteiger partial charge >= 0.3 is 5.69 Å². The first-order valence-electron chi connectivity index (χ1n) is 19.5. The molecule has 3 amide bonds. The highest BCUT2D eigenvalue weighted by Gasteiger charge is 2.25. The van der Waals surface area contributed by atoms with E-state index in [0.717, 1.165) is 35.6 Å². The van der Waals surface area contributed by atoms with Crippen molar-refractivity contribution in [2.24, 2.45) is 5.92 Å². The number of nitrogens with two attached hydrogens (primary N) is 1. The average molecular weight is 993 g/mol. The second-order valence-corrected chi connectivity index (χ2v) is 14.9. The van der Waals surface area contributed by atoms with Crippen LogP contribution in [0.3, 0.4) is 0 Å². The van der Waals surface area contributed by atoms with Crippen LogP contribution in [0.1, 0.15) is 34.6 Å². The van der Waals surface area contributed by atoms with E-state index in [2.05, 4.69) is 15.3 Å². The summed E-state index contributed by atoms with van der Waals surface area (Å²) in [6, 6.07) is 19.0. The van der Waals surface area contributed by atoms with E-state index in [1.807, 2.05) is 0 Å². The molecule has 0 radical (unpaired) electrons. The number of rotatable bonds is 13. The number of likely N-dealkylation sites (N-methyl/N-ethyl adjacent to an activating group) is 2. The van der Waals surface area contributed by atoms with Gasteiger partial charge in [0, 0.05) is 89.0 Å². The third-order valence-electron chi connectivity index (χ3n) is 9.48. The Morgan fingerprint density at radius 1 is 0.750 bits per heavy atom. The van der Waals surface area contributed by atoms with Gasteiger partial charge in [-0.15, -0.1) is 24.0 Å². The molecule has 0 saturated heterocycles. The van der Waals surface area contributed by atoms with Crippen LogP contribution in [0.25, 0.3) is 5.69 Å². The SMILES string of the molecule is CN(C)C(=O)Cc1cc(Oc2ccc(N)cc2F)ccn1.CN(C)C(=O)Cc1cc(Oc2ccc(NC(=O)c3cn(CC4CC4)c(=O)n(-c4ccc(F)cc4)c3=O)cc2F)ccn1.I. The van der Waals surface area contributed by atoms with E-state index in [1.54, 1.807) is 46.4 Å². The molecule has 64 heavy (non-hydrogen) atoms. The van der Waals surface area contributed by atoms with Gasteiger partial charge in [-0.1, -0.05) is 0 Å². The van der Waals surface area contributed by atoms with Crippen LogP contribution in [-0.2, 0) is 29.0 Å². The van der Waals surface area contributed by atoms with Gasteiger partial charge in [0.25, 0.3) is 11.5 Å². The Bertz CT molecular complexity index is 2780. The van der Waals surface area contributed by atoms with E-state index in [9.17, 15) is 37.1 Å². The zero-order valence-corrected chi connectivity index (χ0v) is 37.4. The fourth-order valence-corrected chi connectivity index (χ4v) is 5.86. The molecular formula is C45H44F3IN8O7. The molecule has 0 bridgehead atoms. The van der Waals surface area contributed by atoms with Gasteiger partial charge in [0.2, 0.25) is 11.8 Å². The number of ether oxygens (including phenoxy) is 2. The fraction of sp³-hybridized carbons (Fsp3) is 0.222. The maximum Gasteiger partial charge on any atom is 0.335 e. The summed E-state index contributed by atoms with van der Waals surface area (Å²) in [5.74, 6) is -2.09. The van der Waals surface area contributed by atoms with Crippen molar-refractivity contribution in [1.29, 1.82) is 0 Å². The maximum atomic E-state index is 15.0. The van der Waals surface area contributed by atoms with Gasteiger partial charge < -0.3 is 30.3 Å². The van der Waals surface area contributed by atoms with Crippen molar-refractivity contribution in [3.63, 3.8) is 0 Å². The molecule has 1 fully saturated rings. The van der Waals surface area contributed by atoms with Crippen molar-refractivity contribution < 1.29 is 37.0 Å². The van der Waals surface area contributed by atoms with Crippen molar-refractivity contribution in [1.82, 2.24) is 28.9 Å². The molecule has 0 unspecified atom stereocenters. The number of nitrogens with one attached hydrogen (secondary N) is 1. The highest BCUT2D eigenvalue weighted by atomic mass is 127. The minimum atomic E-state index is -0.891. The Hall–Kier alpha value is -7.03. The molecule has 15 nitrogen and oxygen atoms in total. The zero-order chi connectivity index (χ0) is 45.4. The first kappa shape index (κ1) is 48.0. The van der Waals surface area contributed by atoms with Crippen molar-refractivity contribution in [2.75, 3.05) is 39.2 Å². The predicted molar refractivity (Wildman–Crippen MR) is 243 cm³/mol. The van der Waals surface area contributed by atoms with Gasteiger partial charge in [-0.05, 0) is 79.4 Å². The molecule has 19 heteroatoms. The lowest BCUT2D eigenvalue weighted by atomic mass is 10.2. The molecule has 0 spiro atoms. The van der Waals surface area contributed by atoms with Crippen LogP contribution < -0.4 is 31.8 Å². The van der Waals surface area contributed by atoms with Gasteiger partial charge in [-0.2, -0.15) is 0 Å². The Balaban J connectivity index is 0.000000295. The number of hydrogen-bond acceptors (Lipinski definition) is 10. The number of hydrogen-bond donors (Lipinski definition) is 2. The summed E-state index contributed by atoms with van der Waals surface area (Å²) in [6.45, 7) is 0.321. The predicted octanol–water partition coefficient (Wildman–Crippen LogP) is 6.60. The first-order chi connectivity index (χ1) is 30.0. The number of pyridine rings is 2. The third kappa shape index (κ3) is 12.8. The third-order valence-corrected chi connectivity index (χ3v) is 9.48. The van der Waals surface area contributed by atoms with Gasteiger partial charge in [0.15, 0.2) is 23.1 Å². The molecule has 1 aliphatic rings. The summed E-state index contributed by atoms with van der Waals surface area (Å²) in [7, 11) is 6.60. The second-order valence-electron chi connectivity index (χ2n) is 14.9. The van der Waals surface area contributed by atoms with Gasteiger partial charge in [0.1, 0.15) is 22.9 Å². The van der Waals surface area contributed by atoms with Crippen molar-refractivity contribution in [3.05, 3.63) is 159 Å². The van der Waals surface area contributed by atoms with Crippen LogP contribution in [0.2, 0.25) is 0 Å². The maximum absolute atomic E-state index is 15.0. The highest BCUT2D eigenvalue weighted by Crippen LogP contribution is 2.31. The Kier molecular flexibility index (Phi) is 16.0. The number of amides is 3. The molecule has 6 aromatic rings. The number of nitrogens with zero attached hydrogens (tertiary/aromatic N) is 6. The first-order valence-corrected chi connectivity index (χ1v) is 19.5. The van der Waals surface area contributed by atoms with Crippen molar-refractivity contribution in [3.8, 4) is 28.7 Å². The second kappa shape index (κ2) is 21.4. The summed E-state index contributed by atoms with van der Waals surface area (Å²) < 4.78 is 55.3. The molecule has 1 aliphatic carbocycles. The van der Waals surface area contributed by atoms with E-state index in [4.69, 9.17) is 15.2 Å². The highest BCUT2D eigenvalue weighted by molar-refractivity contribution is 14.0. The van der Waals surface area contributed by atoms with Crippen LogP contribution >= 0.6 is 24.0 Å². The Morgan fingerprint density at radius 3 is 1.78 bits per heavy atom. The van der Waals surface area contributed by atoms with Gasteiger partial charge in [-0.25, -0.2) is 22.5 Å². The minimum Gasteiger partial charge on any atom is -0.454 e. The summed E-state index contributed by atoms with van der Waals surface area (Å²) in [6.07, 6.45) is 6.22. The quantitative estimate of drug-likeness (QED) is 0.0945. The van der Waals surface area contributed by atoms with Crippen LogP contribution in [0, 0.1) is 23.4 Å². The number of carbonyl (C=O) groups excluding carboxylic acids is 3. The molecule has 3 aromatic carbocycles. The molecule has 3 heterocycles. The van der Waals surface area contributed by atoms with Gasteiger partial charge in [0.05, 0.1) is 29.9 Å². The van der Waals surface area contributed by atoms with E-state index in [0.29, 0.717) is 29.4 Å².